The van der Waals surface area contributed by atoms with Crippen molar-refractivity contribution in [3.05, 3.63) is 84.7 Å². The van der Waals surface area contributed by atoms with E-state index >= 15 is 0 Å². The maximum Gasteiger partial charge on any atom is 0.244 e. The van der Waals surface area contributed by atoms with Crippen LogP contribution in [-0.4, -0.2) is 48.3 Å². The molecule has 0 saturated carbocycles. The Labute approximate surface area is 188 Å². The summed E-state index contributed by atoms with van der Waals surface area (Å²) in [5.74, 6) is 0.601. The maximum atomic E-state index is 14.0. The number of H-pyrrole nitrogens is 1. The van der Waals surface area contributed by atoms with Crippen molar-refractivity contribution in [2.75, 3.05) is 25.5 Å². The molecule has 166 valence electrons. The van der Waals surface area contributed by atoms with E-state index in [2.05, 4.69) is 15.0 Å². The lowest BCUT2D eigenvalue weighted by atomic mass is 10.1. The van der Waals surface area contributed by atoms with Gasteiger partial charge < -0.3 is 9.88 Å². The highest BCUT2D eigenvalue weighted by atomic mass is 32.2. The number of anilines is 1. The van der Waals surface area contributed by atoms with Gasteiger partial charge in [-0.25, -0.2) is 13.4 Å². The van der Waals surface area contributed by atoms with Gasteiger partial charge in [-0.15, -0.1) is 0 Å². The fraction of sp³-hybridized carbons (Fsp3) is 0.250. The van der Waals surface area contributed by atoms with E-state index in [-0.39, 0.29) is 11.4 Å². The van der Waals surface area contributed by atoms with Gasteiger partial charge in [-0.05, 0) is 31.2 Å². The zero-order valence-electron chi connectivity index (χ0n) is 18.4. The van der Waals surface area contributed by atoms with Crippen molar-refractivity contribution in [2.45, 2.75) is 24.3 Å². The normalized spacial score (nSPS) is 12.9. The van der Waals surface area contributed by atoms with Crippen molar-refractivity contribution in [2.24, 2.45) is 0 Å². The minimum atomic E-state index is -3.84. The summed E-state index contributed by atoms with van der Waals surface area (Å²) >= 11 is 0. The van der Waals surface area contributed by atoms with Crippen molar-refractivity contribution in [3.8, 4) is 0 Å². The fourth-order valence-electron chi connectivity index (χ4n) is 3.94. The number of aromatic amines is 1. The van der Waals surface area contributed by atoms with E-state index in [1.807, 2.05) is 68.4 Å². The molecule has 0 bridgehead atoms. The summed E-state index contributed by atoms with van der Waals surface area (Å²) < 4.78 is 29.6. The molecule has 4 rings (SSSR count). The van der Waals surface area contributed by atoms with E-state index in [0.29, 0.717) is 17.6 Å². The summed E-state index contributed by atoms with van der Waals surface area (Å²) in [4.78, 5) is 14.0. The first-order valence-electron chi connectivity index (χ1n) is 10.5. The van der Waals surface area contributed by atoms with Gasteiger partial charge in [0.2, 0.25) is 10.0 Å². The number of aromatic nitrogens is 3. The topological polar surface area (TPSA) is 82.2 Å². The number of fused-ring (bicyclic) bond motifs is 1. The quantitative estimate of drug-likeness (QED) is 0.439. The molecule has 1 N–H and O–H groups in total. The smallest absolute Gasteiger partial charge is 0.244 e. The van der Waals surface area contributed by atoms with Crippen molar-refractivity contribution < 1.29 is 8.42 Å². The maximum absolute atomic E-state index is 14.0. The number of hydrogen-bond donors (Lipinski definition) is 1. The van der Waals surface area contributed by atoms with E-state index < -0.39 is 16.1 Å². The summed E-state index contributed by atoms with van der Waals surface area (Å²) in [5.41, 5.74) is 1.81. The van der Waals surface area contributed by atoms with Crippen LogP contribution in [-0.2, 0) is 16.4 Å². The van der Waals surface area contributed by atoms with Crippen LogP contribution in [0.1, 0.15) is 24.5 Å². The van der Waals surface area contributed by atoms with Gasteiger partial charge >= 0.3 is 0 Å². The SMILES string of the molecule is CC(c1ncc[nH]1)N(CCc1ccccn1)S(=O)(=O)c1cccc2c(N(C)C)cccc12. The Bertz CT molecular complexity index is 1290. The lowest BCUT2D eigenvalue weighted by Gasteiger charge is -2.28. The highest BCUT2D eigenvalue weighted by Crippen LogP contribution is 2.34. The second-order valence-electron chi connectivity index (χ2n) is 7.86. The summed E-state index contributed by atoms with van der Waals surface area (Å²) in [5, 5.41) is 1.60. The average molecular weight is 450 g/mol. The fourth-order valence-corrected chi connectivity index (χ4v) is 5.75. The molecule has 0 fully saturated rings. The van der Waals surface area contributed by atoms with Gasteiger partial charge in [-0.3, -0.25) is 4.98 Å². The van der Waals surface area contributed by atoms with Crippen molar-refractivity contribution >= 4 is 26.5 Å². The highest BCUT2D eigenvalue weighted by Gasteiger charge is 2.32. The molecule has 4 aromatic rings. The predicted molar refractivity (Wildman–Crippen MR) is 127 cm³/mol. The van der Waals surface area contributed by atoms with Gasteiger partial charge in [0.05, 0.1) is 10.9 Å². The van der Waals surface area contributed by atoms with Crippen LogP contribution in [0.5, 0.6) is 0 Å². The molecule has 0 aliphatic heterocycles. The van der Waals surface area contributed by atoms with Crippen LogP contribution in [0.15, 0.2) is 78.1 Å². The summed E-state index contributed by atoms with van der Waals surface area (Å²) in [7, 11) is 0.0664. The molecule has 7 nitrogen and oxygen atoms in total. The average Bonchev–Trinajstić information content (AvgIpc) is 3.34. The molecule has 1 atom stereocenters. The number of nitrogens with zero attached hydrogens (tertiary/aromatic N) is 4. The first-order chi connectivity index (χ1) is 15.4. The number of nitrogens with one attached hydrogen (secondary N) is 1. The summed E-state index contributed by atoms with van der Waals surface area (Å²) in [6.45, 7) is 2.14. The number of hydrogen-bond acceptors (Lipinski definition) is 5. The van der Waals surface area contributed by atoms with Gasteiger partial charge in [0.1, 0.15) is 5.82 Å². The molecule has 0 saturated heterocycles. The molecule has 0 spiro atoms. The molecule has 8 heteroatoms. The van der Waals surface area contributed by atoms with Crippen LogP contribution < -0.4 is 4.90 Å². The molecule has 2 aromatic heterocycles. The Hall–Kier alpha value is -3.23. The molecule has 0 aliphatic rings. The third kappa shape index (κ3) is 4.24. The Kier molecular flexibility index (Phi) is 6.25. The molecular formula is C24H27N5O2S. The Morgan fingerprint density at radius 1 is 0.938 bits per heavy atom. The first kappa shape index (κ1) is 22.0. The van der Waals surface area contributed by atoms with Crippen LogP contribution in [0.2, 0.25) is 0 Å². The highest BCUT2D eigenvalue weighted by molar-refractivity contribution is 7.89. The second kappa shape index (κ2) is 9.10. The minimum absolute atomic E-state index is 0.283. The predicted octanol–water partition coefficient (Wildman–Crippen LogP) is 4.02. The van der Waals surface area contributed by atoms with Gasteiger partial charge in [0.25, 0.3) is 0 Å². The van der Waals surface area contributed by atoms with Crippen LogP contribution >= 0.6 is 0 Å². The number of pyridine rings is 1. The minimum Gasteiger partial charge on any atom is -0.377 e. The molecule has 2 aromatic carbocycles. The van der Waals surface area contributed by atoms with E-state index in [1.165, 1.54) is 4.31 Å². The van der Waals surface area contributed by atoms with E-state index in [9.17, 15) is 8.42 Å². The van der Waals surface area contributed by atoms with Gasteiger partial charge in [-0.1, -0.05) is 30.3 Å². The molecule has 0 aliphatic carbocycles. The number of rotatable bonds is 8. The van der Waals surface area contributed by atoms with Crippen LogP contribution in [0.25, 0.3) is 10.8 Å². The monoisotopic (exact) mass is 449 g/mol. The third-order valence-electron chi connectivity index (χ3n) is 5.59. The standard InChI is InChI=1S/C24H27N5O2S/c1-18(24-26-15-16-27-24)29(17-13-19-8-4-5-14-25-19)32(30,31)23-12-7-9-20-21(23)10-6-11-22(20)28(2)3/h4-12,14-16,18H,13,17H2,1-3H3,(H,26,27). The summed E-state index contributed by atoms with van der Waals surface area (Å²) in [6.07, 6.45) is 5.56. The van der Waals surface area contributed by atoms with Crippen LogP contribution in [0.4, 0.5) is 5.69 Å². The lowest BCUT2D eigenvalue weighted by Crippen LogP contribution is -2.36. The molecule has 1 unspecified atom stereocenters. The van der Waals surface area contributed by atoms with Crippen molar-refractivity contribution in [3.63, 3.8) is 0 Å². The van der Waals surface area contributed by atoms with Gasteiger partial charge in [-0.2, -0.15) is 4.31 Å². The molecular weight excluding hydrogens is 422 g/mol. The van der Waals surface area contributed by atoms with Crippen molar-refractivity contribution in [1.29, 1.82) is 0 Å². The number of sulfonamides is 1. The van der Waals surface area contributed by atoms with Gasteiger partial charge in [0.15, 0.2) is 0 Å². The van der Waals surface area contributed by atoms with Gasteiger partial charge in [0, 0.05) is 67.8 Å². The molecule has 0 amide bonds. The number of imidazole rings is 1. The summed E-state index contributed by atoms with van der Waals surface area (Å²) in [6, 6.07) is 16.4. The van der Waals surface area contributed by atoms with Crippen LogP contribution in [0, 0.1) is 0 Å². The number of benzene rings is 2. The second-order valence-corrected chi connectivity index (χ2v) is 9.72. The van der Waals surface area contributed by atoms with E-state index in [0.717, 1.165) is 16.8 Å². The first-order valence-corrected chi connectivity index (χ1v) is 11.9. The zero-order chi connectivity index (χ0) is 22.7. The molecule has 32 heavy (non-hydrogen) atoms. The van der Waals surface area contributed by atoms with E-state index in [1.54, 1.807) is 30.7 Å². The Balaban J connectivity index is 1.80. The zero-order valence-corrected chi connectivity index (χ0v) is 19.2. The van der Waals surface area contributed by atoms with Crippen molar-refractivity contribution in [1.82, 2.24) is 19.3 Å². The largest absolute Gasteiger partial charge is 0.377 e. The van der Waals surface area contributed by atoms with Crippen LogP contribution in [0.3, 0.4) is 0 Å². The molecule has 2 heterocycles. The Morgan fingerprint density at radius 3 is 2.41 bits per heavy atom. The van der Waals surface area contributed by atoms with E-state index in [4.69, 9.17) is 0 Å². The lowest BCUT2D eigenvalue weighted by molar-refractivity contribution is 0.335. The molecule has 0 radical (unpaired) electrons. The third-order valence-corrected chi connectivity index (χ3v) is 7.62. The Morgan fingerprint density at radius 2 is 1.72 bits per heavy atom.